The molecule has 0 saturated heterocycles. The normalized spacial score (nSPS) is 11.0. The van der Waals surface area contributed by atoms with Crippen molar-refractivity contribution in [2.45, 2.75) is 45.1 Å². The Morgan fingerprint density at radius 2 is 1.29 bits per heavy atom. The molecular weight excluding hydrogens is 254 g/mol. The summed E-state index contributed by atoms with van der Waals surface area (Å²) in [6.45, 7) is 3.38. The monoisotopic (exact) mass is 281 g/mol. The summed E-state index contributed by atoms with van der Waals surface area (Å²) in [5.74, 6) is 0. The maximum absolute atomic E-state index is 3.75. The molecule has 2 aromatic carbocycles. The summed E-state index contributed by atoms with van der Waals surface area (Å²) in [6, 6.07) is 22.1. The van der Waals surface area contributed by atoms with Crippen molar-refractivity contribution in [3.8, 4) is 0 Å². The zero-order valence-electron chi connectivity index (χ0n) is 13.1. The van der Waals surface area contributed by atoms with E-state index in [2.05, 4.69) is 72.9 Å². The van der Waals surface area contributed by atoms with Gasteiger partial charge in [-0.05, 0) is 36.9 Å². The fraction of sp³-hybridized carbons (Fsp3) is 0.400. The summed E-state index contributed by atoms with van der Waals surface area (Å²) in [5.41, 5.74) is 2.84. The maximum atomic E-state index is 3.75. The zero-order chi connectivity index (χ0) is 14.8. The molecule has 0 atom stereocenters. The van der Waals surface area contributed by atoms with E-state index in [9.17, 15) is 0 Å². The van der Waals surface area contributed by atoms with Gasteiger partial charge in [-0.2, -0.15) is 0 Å². The Bertz CT molecular complexity index is 436. The lowest BCUT2D eigenvalue weighted by atomic mass is 9.99. The van der Waals surface area contributed by atoms with Crippen molar-refractivity contribution in [1.82, 2.24) is 5.32 Å². The highest BCUT2D eigenvalue weighted by Crippen LogP contribution is 2.09. The average Bonchev–Trinajstić information content (AvgIpc) is 2.53. The molecule has 0 heterocycles. The van der Waals surface area contributed by atoms with E-state index in [4.69, 9.17) is 0 Å². The van der Waals surface area contributed by atoms with Crippen LogP contribution in [0, 0.1) is 0 Å². The predicted molar refractivity (Wildman–Crippen MR) is 91.6 cm³/mol. The lowest BCUT2D eigenvalue weighted by molar-refractivity contribution is 0.490. The van der Waals surface area contributed by atoms with E-state index < -0.39 is 0 Å². The molecule has 0 radical (unpaired) electrons. The van der Waals surface area contributed by atoms with E-state index in [1.54, 1.807) is 0 Å². The first-order valence-electron chi connectivity index (χ1n) is 8.19. The predicted octanol–water partition coefficient (Wildman–Crippen LogP) is 4.62. The number of rotatable bonds is 9. The van der Waals surface area contributed by atoms with Gasteiger partial charge in [-0.1, -0.05) is 80.4 Å². The average molecular weight is 281 g/mol. The molecule has 0 aliphatic rings. The highest BCUT2D eigenvalue weighted by molar-refractivity contribution is 5.19. The molecule has 1 N–H and O–H groups in total. The second kappa shape index (κ2) is 9.36. The van der Waals surface area contributed by atoms with Gasteiger partial charge in [0, 0.05) is 6.04 Å². The van der Waals surface area contributed by atoms with Crippen molar-refractivity contribution in [2.75, 3.05) is 6.54 Å². The van der Waals surface area contributed by atoms with Crippen molar-refractivity contribution < 1.29 is 0 Å². The molecule has 2 aromatic rings. The van der Waals surface area contributed by atoms with Gasteiger partial charge in [0.1, 0.15) is 0 Å². The second-order valence-corrected chi connectivity index (χ2v) is 5.74. The smallest absolute Gasteiger partial charge is 0.0148 e. The van der Waals surface area contributed by atoms with Crippen molar-refractivity contribution >= 4 is 0 Å². The minimum absolute atomic E-state index is 0.520. The number of benzene rings is 2. The first-order chi connectivity index (χ1) is 10.4. The van der Waals surface area contributed by atoms with Gasteiger partial charge in [0.2, 0.25) is 0 Å². The number of nitrogens with one attached hydrogen (secondary N) is 1. The van der Waals surface area contributed by atoms with E-state index in [-0.39, 0.29) is 0 Å². The van der Waals surface area contributed by atoms with E-state index in [0.717, 1.165) is 19.4 Å². The third-order valence-electron chi connectivity index (χ3n) is 3.86. The van der Waals surface area contributed by atoms with Crippen LogP contribution < -0.4 is 5.32 Å². The molecule has 0 saturated carbocycles. The van der Waals surface area contributed by atoms with Gasteiger partial charge in [0.15, 0.2) is 0 Å². The van der Waals surface area contributed by atoms with E-state index in [1.807, 2.05) is 0 Å². The summed E-state index contributed by atoms with van der Waals surface area (Å²) in [5, 5.41) is 3.75. The Hall–Kier alpha value is -1.60. The lowest BCUT2D eigenvalue weighted by Crippen LogP contribution is -2.34. The molecule has 0 spiro atoms. The molecule has 2 rings (SSSR count). The van der Waals surface area contributed by atoms with Gasteiger partial charge in [-0.25, -0.2) is 0 Å². The van der Waals surface area contributed by atoms with Crippen LogP contribution in [-0.4, -0.2) is 12.6 Å². The molecule has 1 nitrogen and oxygen atoms in total. The lowest BCUT2D eigenvalue weighted by Gasteiger charge is -2.19. The molecule has 0 unspecified atom stereocenters. The van der Waals surface area contributed by atoms with Gasteiger partial charge in [-0.15, -0.1) is 0 Å². The molecule has 0 fully saturated rings. The van der Waals surface area contributed by atoms with Crippen LogP contribution in [0.1, 0.15) is 37.3 Å². The van der Waals surface area contributed by atoms with Gasteiger partial charge in [0.25, 0.3) is 0 Å². The minimum atomic E-state index is 0.520. The van der Waals surface area contributed by atoms with E-state index in [0.29, 0.717) is 6.04 Å². The van der Waals surface area contributed by atoms with Gasteiger partial charge in [0.05, 0.1) is 0 Å². The standard InChI is InChI=1S/C20H27N/c1-2-3-10-15-21-20(16-18-11-6-4-7-12-18)17-19-13-8-5-9-14-19/h4-9,11-14,20-21H,2-3,10,15-17H2,1H3. The number of hydrogen-bond acceptors (Lipinski definition) is 1. The largest absolute Gasteiger partial charge is 0.313 e. The van der Waals surface area contributed by atoms with Crippen molar-refractivity contribution in [3.05, 3.63) is 71.8 Å². The third-order valence-corrected chi connectivity index (χ3v) is 3.86. The Morgan fingerprint density at radius 1 is 0.762 bits per heavy atom. The van der Waals surface area contributed by atoms with Crippen LogP contribution in [0.5, 0.6) is 0 Å². The molecular formula is C20H27N. The van der Waals surface area contributed by atoms with Gasteiger partial charge in [-0.3, -0.25) is 0 Å². The van der Waals surface area contributed by atoms with Gasteiger partial charge < -0.3 is 5.32 Å². The first-order valence-corrected chi connectivity index (χ1v) is 8.19. The summed E-state index contributed by atoms with van der Waals surface area (Å²) in [6.07, 6.45) is 6.07. The SMILES string of the molecule is CCCCCNC(Cc1ccccc1)Cc1ccccc1. The van der Waals surface area contributed by atoms with Crippen molar-refractivity contribution in [2.24, 2.45) is 0 Å². The first kappa shape index (κ1) is 15.8. The van der Waals surface area contributed by atoms with Gasteiger partial charge >= 0.3 is 0 Å². The molecule has 0 bridgehead atoms. The molecule has 21 heavy (non-hydrogen) atoms. The van der Waals surface area contributed by atoms with Crippen LogP contribution in [0.2, 0.25) is 0 Å². The molecule has 0 aliphatic carbocycles. The fourth-order valence-corrected chi connectivity index (χ4v) is 2.69. The van der Waals surface area contributed by atoms with E-state index in [1.165, 1.54) is 30.4 Å². The van der Waals surface area contributed by atoms with Crippen molar-refractivity contribution in [1.29, 1.82) is 0 Å². The van der Waals surface area contributed by atoms with Crippen LogP contribution >= 0.6 is 0 Å². The van der Waals surface area contributed by atoms with Crippen LogP contribution in [0.4, 0.5) is 0 Å². The minimum Gasteiger partial charge on any atom is -0.313 e. The van der Waals surface area contributed by atoms with E-state index >= 15 is 0 Å². The van der Waals surface area contributed by atoms with Crippen LogP contribution in [-0.2, 0) is 12.8 Å². The fourth-order valence-electron chi connectivity index (χ4n) is 2.69. The number of unbranched alkanes of at least 4 members (excludes halogenated alkanes) is 2. The van der Waals surface area contributed by atoms with Crippen molar-refractivity contribution in [3.63, 3.8) is 0 Å². The Kier molecular flexibility index (Phi) is 7.03. The topological polar surface area (TPSA) is 12.0 Å². The maximum Gasteiger partial charge on any atom is 0.0148 e. The summed E-state index contributed by atoms with van der Waals surface area (Å²) in [7, 11) is 0. The summed E-state index contributed by atoms with van der Waals surface area (Å²) in [4.78, 5) is 0. The molecule has 0 amide bonds. The quantitative estimate of drug-likeness (QED) is 0.661. The highest BCUT2D eigenvalue weighted by Gasteiger charge is 2.09. The Labute approximate surface area is 129 Å². The summed E-state index contributed by atoms with van der Waals surface area (Å²) >= 11 is 0. The number of hydrogen-bond donors (Lipinski definition) is 1. The summed E-state index contributed by atoms with van der Waals surface area (Å²) < 4.78 is 0. The van der Waals surface area contributed by atoms with Crippen LogP contribution in [0.25, 0.3) is 0 Å². The molecule has 0 aromatic heterocycles. The Balaban J connectivity index is 1.93. The molecule has 112 valence electrons. The zero-order valence-corrected chi connectivity index (χ0v) is 13.1. The second-order valence-electron chi connectivity index (χ2n) is 5.74. The molecule has 1 heteroatoms. The molecule has 0 aliphatic heterocycles. The third kappa shape index (κ3) is 6.14. The highest BCUT2D eigenvalue weighted by atomic mass is 14.9. The van der Waals surface area contributed by atoms with Crippen LogP contribution in [0.15, 0.2) is 60.7 Å². The van der Waals surface area contributed by atoms with Crippen LogP contribution in [0.3, 0.4) is 0 Å². The Morgan fingerprint density at radius 3 is 1.76 bits per heavy atom.